The molecule has 0 fully saturated rings. The van der Waals surface area contributed by atoms with Crippen LogP contribution >= 0.6 is 0 Å². The fraction of sp³-hybridized carbons (Fsp3) is 0.471. The number of fused-ring (bicyclic) bond motifs is 1. The number of aryl methyl sites for hydroxylation is 1. The van der Waals surface area contributed by atoms with E-state index >= 15 is 0 Å². The quantitative estimate of drug-likeness (QED) is 0.733. The molecular weight excluding hydrogens is 262 g/mol. The van der Waals surface area contributed by atoms with Crippen LogP contribution in [0.25, 0.3) is 10.9 Å². The van der Waals surface area contributed by atoms with Gasteiger partial charge in [-0.3, -0.25) is 4.79 Å². The van der Waals surface area contributed by atoms with Gasteiger partial charge in [-0.1, -0.05) is 18.2 Å². The van der Waals surface area contributed by atoms with Crippen LogP contribution in [-0.2, 0) is 11.2 Å². The molecule has 4 heteroatoms. The number of hydrogen-bond acceptors (Lipinski definition) is 2. The van der Waals surface area contributed by atoms with E-state index in [2.05, 4.69) is 34.7 Å². The second kappa shape index (κ2) is 7.84. The van der Waals surface area contributed by atoms with Crippen LogP contribution in [-0.4, -0.2) is 43.0 Å². The molecule has 0 saturated carbocycles. The molecule has 0 aliphatic carbocycles. The molecule has 0 bridgehead atoms. The minimum absolute atomic E-state index is 0.242. The number of benzene rings is 1. The van der Waals surface area contributed by atoms with Gasteiger partial charge in [0.15, 0.2) is 0 Å². The molecule has 1 aromatic heterocycles. The highest BCUT2D eigenvalue weighted by Crippen LogP contribution is 2.19. The summed E-state index contributed by atoms with van der Waals surface area (Å²) in [5, 5.41) is 4.37. The predicted molar refractivity (Wildman–Crippen MR) is 87.4 cm³/mol. The highest BCUT2D eigenvalue weighted by atomic mass is 16.2. The van der Waals surface area contributed by atoms with E-state index in [0.717, 1.165) is 32.4 Å². The van der Waals surface area contributed by atoms with Crippen molar-refractivity contribution < 1.29 is 4.79 Å². The van der Waals surface area contributed by atoms with Gasteiger partial charge >= 0.3 is 0 Å². The zero-order chi connectivity index (χ0) is 15.1. The second-order valence-electron chi connectivity index (χ2n) is 5.49. The van der Waals surface area contributed by atoms with E-state index in [1.54, 1.807) is 0 Å². The maximum Gasteiger partial charge on any atom is 0.222 e. The average Bonchev–Trinajstić information content (AvgIpc) is 2.91. The number of rotatable bonds is 8. The summed E-state index contributed by atoms with van der Waals surface area (Å²) in [7, 11) is 3.83. The standard InChI is InChI=1S/C17H25N3O/c1-18-11-6-12-20(2)17(21)10-5-7-14-13-19-16-9-4-3-8-15(14)16/h3-4,8-9,13,18-19H,5-7,10-12H2,1-2H3. The van der Waals surface area contributed by atoms with Crippen LogP contribution in [0, 0.1) is 0 Å². The number of aromatic nitrogens is 1. The van der Waals surface area contributed by atoms with Crippen molar-refractivity contribution in [1.82, 2.24) is 15.2 Å². The smallest absolute Gasteiger partial charge is 0.222 e. The molecule has 21 heavy (non-hydrogen) atoms. The van der Waals surface area contributed by atoms with E-state index in [-0.39, 0.29) is 5.91 Å². The lowest BCUT2D eigenvalue weighted by Gasteiger charge is -2.16. The average molecular weight is 287 g/mol. The minimum atomic E-state index is 0.242. The Morgan fingerprint density at radius 2 is 2.10 bits per heavy atom. The zero-order valence-electron chi connectivity index (χ0n) is 13.0. The number of nitrogens with one attached hydrogen (secondary N) is 2. The molecule has 0 spiro atoms. The molecule has 2 rings (SSSR count). The first-order chi connectivity index (χ1) is 10.2. The molecule has 1 heterocycles. The Balaban J connectivity index is 1.77. The highest BCUT2D eigenvalue weighted by molar-refractivity contribution is 5.83. The summed E-state index contributed by atoms with van der Waals surface area (Å²) in [5.41, 5.74) is 2.47. The summed E-state index contributed by atoms with van der Waals surface area (Å²) in [6.07, 6.45) is 5.53. The number of aromatic amines is 1. The summed E-state index contributed by atoms with van der Waals surface area (Å²) >= 11 is 0. The molecule has 2 N–H and O–H groups in total. The van der Waals surface area contributed by atoms with Gasteiger partial charge in [0.25, 0.3) is 0 Å². The maximum absolute atomic E-state index is 12.0. The van der Waals surface area contributed by atoms with Gasteiger partial charge in [0, 0.05) is 37.1 Å². The molecule has 0 radical (unpaired) electrons. The SMILES string of the molecule is CNCCCN(C)C(=O)CCCc1c[nH]c2ccccc12. The van der Waals surface area contributed by atoms with E-state index in [1.807, 2.05) is 25.1 Å². The lowest BCUT2D eigenvalue weighted by atomic mass is 10.1. The van der Waals surface area contributed by atoms with Gasteiger partial charge in [0.05, 0.1) is 0 Å². The largest absolute Gasteiger partial charge is 0.361 e. The van der Waals surface area contributed by atoms with Crippen LogP contribution < -0.4 is 5.32 Å². The van der Waals surface area contributed by atoms with Crippen molar-refractivity contribution in [2.24, 2.45) is 0 Å². The summed E-state index contributed by atoms with van der Waals surface area (Å²) in [6.45, 7) is 1.78. The fourth-order valence-electron chi connectivity index (χ4n) is 2.58. The molecular formula is C17H25N3O. The first kappa shape index (κ1) is 15.6. The molecule has 2 aromatic rings. The summed E-state index contributed by atoms with van der Waals surface area (Å²) in [6, 6.07) is 8.30. The van der Waals surface area contributed by atoms with Crippen molar-refractivity contribution in [3.8, 4) is 0 Å². The molecule has 0 aliphatic rings. The number of carbonyl (C=O) groups excluding carboxylic acids is 1. The van der Waals surface area contributed by atoms with E-state index in [4.69, 9.17) is 0 Å². The van der Waals surface area contributed by atoms with Crippen LogP contribution in [0.2, 0.25) is 0 Å². The predicted octanol–water partition coefficient (Wildman–Crippen LogP) is 2.56. The monoisotopic (exact) mass is 287 g/mol. The Morgan fingerprint density at radius 1 is 1.29 bits per heavy atom. The lowest BCUT2D eigenvalue weighted by Crippen LogP contribution is -2.29. The maximum atomic E-state index is 12.0. The number of amides is 1. The van der Waals surface area contributed by atoms with Gasteiger partial charge in [-0.25, -0.2) is 0 Å². The van der Waals surface area contributed by atoms with Gasteiger partial charge in [0.1, 0.15) is 0 Å². The molecule has 1 aromatic carbocycles. The topological polar surface area (TPSA) is 48.1 Å². The minimum Gasteiger partial charge on any atom is -0.361 e. The van der Waals surface area contributed by atoms with E-state index in [0.29, 0.717) is 6.42 Å². The van der Waals surface area contributed by atoms with Gasteiger partial charge in [-0.2, -0.15) is 0 Å². The molecule has 0 atom stereocenters. The van der Waals surface area contributed by atoms with E-state index in [1.165, 1.54) is 16.5 Å². The van der Waals surface area contributed by atoms with Crippen molar-refractivity contribution in [1.29, 1.82) is 0 Å². The Kier molecular flexibility index (Phi) is 5.81. The van der Waals surface area contributed by atoms with Crippen LogP contribution in [0.15, 0.2) is 30.5 Å². The summed E-state index contributed by atoms with van der Waals surface area (Å²) < 4.78 is 0. The summed E-state index contributed by atoms with van der Waals surface area (Å²) in [4.78, 5) is 17.1. The van der Waals surface area contributed by atoms with Crippen molar-refractivity contribution in [3.05, 3.63) is 36.0 Å². The van der Waals surface area contributed by atoms with Gasteiger partial charge in [0.2, 0.25) is 5.91 Å². The molecule has 4 nitrogen and oxygen atoms in total. The molecule has 0 unspecified atom stereocenters. The van der Waals surface area contributed by atoms with Crippen molar-refractivity contribution in [2.75, 3.05) is 27.2 Å². The van der Waals surface area contributed by atoms with Gasteiger partial charge < -0.3 is 15.2 Å². The first-order valence-corrected chi connectivity index (χ1v) is 7.66. The number of nitrogens with zero attached hydrogens (tertiary/aromatic N) is 1. The number of para-hydroxylation sites is 1. The van der Waals surface area contributed by atoms with Crippen LogP contribution in [0.4, 0.5) is 0 Å². The molecule has 0 aliphatic heterocycles. The van der Waals surface area contributed by atoms with E-state index < -0.39 is 0 Å². The molecule has 1 amide bonds. The van der Waals surface area contributed by atoms with Gasteiger partial charge in [-0.05, 0) is 44.5 Å². The van der Waals surface area contributed by atoms with Crippen LogP contribution in [0.5, 0.6) is 0 Å². The van der Waals surface area contributed by atoms with Crippen molar-refractivity contribution in [2.45, 2.75) is 25.7 Å². The third kappa shape index (κ3) is 4.33. The third-order valence-electron chi connectivity index (χ3n) is 3.86. The van der Waals surface area contributed by atoms with Crippen molar-refractivity contribution >= 4 is 16.8 Å². The number of H-pyrrole nitrogens is 1. The van der Waals surface area contributed by atoms with E-state index in [9.17, 15) is 4.79 Å². The number of carbonyl (C=O) groups is 1. The Labute approximate surface area is 126 Å². The van der Waals surface area contributed by atoms with Crippen LogP contribution in [0.1, 0.15) is 24.8 Å². The van der Waals surface area contributed by atoms with Crippen molar-refractivity contribution in [3.63, 3.8) is 0 Å². The normalized spacial score (nSPS) is 11.0. The zero-order valence-corrected chi connectivity index (χ0v) is 13.0. The van der Waals surface area contributed by atoms with Crippen LogP contribution in [0.3, 0.4) is 0 Å². The lowest BCUT2D eigenvalue weighted by molar-refractivity contribution is -0.130. The van der Waals surface area contributed by atoms with Gasteiger partial charge in [-0.15, -0.1) is 0 Å². The molecule has 0 saturated heterocycles. The summed E-state index contributed by atoms with van der Waals surface area (Å²) in [5.74, 6) is 0.242. The highest BCUT2D eigenvalue weighted by Gasteiger charge is 2.09. The number of hydrogen-bond donors (Lipinski definition) is 2. The Bertz CT molecular complexity index is 576. The molecule has 114 valence electrons. The fourth-order valence-corrected chi connectivity index (χ4v) is 2.58. The first-order valence-electron chi connectivity index (χ1n) is 7.66. The Hall–Kier alpha value is -1.81. The third-order valence-corrected chi connectivity index (χ3v) is 3.86. The second-order valence-corrected chi connectivity index (χ2v) is 5.49. The Morgan fingerprint density at radius 3 is 2.90 bits per heavy atom.